The van der Waals surface area contributed by atoms with Crippen LogP contribution in [0.4, 0.5) is 0 Å². The molecule has 0 unspecified atom stereocenters. The summed E-state index contributed by atoms with van der Waals surface area (Å²) in [5.74, 6) is 0.875. The molecule has 0 saturated carbocycles. The number of fused-ring (bicyclic) bond motifs is 3. The van der Waals surface area contributed by atoms with Gasteiger partial charge in [0.05, 0.1) is 7.11 Å². The fraction of sp³-hybridized carbons (Fsp3) is 0.208. The molecule has 0 spiro atoms. The van der Waals surface area contributed by atoms with Crippen LogP contribution in [-0.4, -0.2) is 19.1 Å². The standard InChI is InChI=1S/C24H23NO3/c1-16-8-10-21(27-3)18(12-16)14-25(2)15-19-13-23(26)28-22-11-9-17-6-4-5-7-20(17)24(19)22/h4-13H,14-15H2,1-3H3. The van der Waals surface area contributed by atoms with Gasteiger partial charge in [-0.3, -0.25) is 4.90 Å². The van der Waals surface area contributed by atoms with Crippen molar-refractivity contribution in [2.75, 3.05) is 14.2 Å². The van der Waals surface area contributed by atoms with Crippen LogP contribution in [0.1, 0.15) is 16.7 Å². The number of methoxy groups -OCH3 is 1. The van der Waals surface area contributed by atoms with Crippen molar-refractivity contribution in [3.8, 4) is 5.75 Å². The molecule has 0 bridgehead atoms. The normalized spacial score (nSPS) is 11.4. The third-order valence-electron chi connectivity index (χ3n) is 5.03. The Hall–Kier alpha value is -3.11. The van der Waals surface area contributed by atoms with E-state index in [4.69, 9.17) is 9.15 Å². The fourth-order valence-corrected chi connectivity index (χ4v) is 3.81. The Labute approximate surface area is 164 Å². The van der Waals surface area contributed by atoms with Crippen LogP contribution in [-0.2, 0) is 13.1 Å². The number of aryl methyl sites for hydroxylation is 1. The summed E-state index contributed by atoms with van der Waals surface area (Å²) in [7, 11) is 3.74. The Morgan fingerprint density at radius 2 is 1.75 bits per heavy atom. The summed E-state index contributed by atoms with van der Waals surface area (Å²) in [5.41, 5.74) is 3.60. The molecule has 142 valence electrons. The van der Waals surface area contributed by atoms with Gasteiger partial charge < -0.3 is 9.15 Å². The zero-order valence-corrected chi connectivity index (χ0v) is 16.4. The first-order valence-corrected chi connectivity index (χ1v) is 9.31. The highest BCUT2D eigenvalue weighted by atomic mass is 16.5. The van der Waals surface area contributed by atoms with E-state index in [1.807, 2.05) is 43.4 Å². The van der Waals surface area contributed by atoms with Crippen molar-refractivity contribution in [3.05, 3.63) is 87.8 Å². The molecule has 0 aliphatic heterocycles. The zero-order valence-electron chi connectivity index (χ0n) is 16.4. The summed E-state index contributed by atoms with van der Waals surface area (Å²) in [5, 5.41) is 3.23. The predicted octanol–water partition coefficient (Wildman–Crippen LogP) is 4.90. The number of hydrogen-bond acceptors (Lipinski definition) is 4. The Morgan fingerprint density at radius 1 is 0.964 bits per heavy atom. The van der Waals surface area contributed by atoms with Gasteiger partial charge in [-0.25, -0.2) is 4.79 Å². The minimum absolute atomic E-state index is 0.320. The van der Waals surface area contributed by atoms with Crippen LogP contribution in [0.25, 0.3) is 21.7 Å². The summed E-state index contributed by atoms with van der Waals surface area (Å²) >= 11 is 0. The minimum Gasteiger partial charge on any atom is -0.496 e. The Balaban J connectivity index is 1.74. The molecule has 0 saturated heterocycles. The Morgan fingerprint density at radius 3 is 2.57 bits per heavy atom. The molecule has 0 aliphatic rings. The first-order chi connectivity index (χ1) is 13.5. The molecule has 28 heavy (non-hydrogen) atoms. The third kappa shape index (κ3) is 3.51. The first-order valence-electron chi connectivity index (χ1n) is 9.31. The van der Waals surface area contributed by atoms with E-state index >= 15 is 0 Å². The largest absolute Gasteiger partial charge is 0.496 e. The van der Waals surface area contributed by atoms with Gasteiger partial charge in [0.1, 0.15) is 11.3 Å². The van der Waals surface area contributed by atoms with Crippen molar-refractivity contribution >= 4 is 21.7 Å². The average Bonchev–Trinajstić information content (AvgIpc) is 2.67. The summed E-state index contributed by atoms with van der Waals surface area (Å²) < 4.78 is 11.0. The number of ether oxygens (including phenoxy) is 1. The third-order valence-corrected chi connectivity index (χ3v) is 5.03. The van der Waals surface area contributed by atoms with Crippen LogP contribution in [0.2, 0.25) is 0 Å². The lowest BCUT2D eigenvalue weighted by atomic mass is 10.0. The van der Waals surface area contributed by atoms with Crippen LogP contribution in [0.3, 0.4) is 0 Å². The monoisotopic (exact) mass is 373 g/mol. The second-order valence-electron chi connectivity index (χ2n) is 7.24. The molecule has 1 aromatic heterocycles. The van der Waals surface area contributed by atoms with Crippen LogP contribution >= 0.6 is 0 Å². The second-order valence-corrected chi connectivity index (χ2v) is 7.24. The molecule has 0 fully saturated rings. The first kappa shape index (κ1) is 18.3. The second kappa shape index (κ2) is 7.49. The van der Waals surface area contributed by atoms with Crippen molar-refractivity contribution in [2.45, 2.75) is 20.0 Å². The van der Waals surface area contributed by atoms with Crippen molar-refractivity contribution in [1.29, 1.82) is 0 Å². The molecule has 4 rings (SSSR count). The Bertz CT molecular complexity index is 1210. The van der Waals surface area contributed by atoms with E-state index in [0.29, 0.717) is 12.1 Å². The summed E-state index contributed by atoms with van der Waals surface area (Å²) in [4.78, 5) is 14.3. The zero-order chi connectivity index (χ0) is 19.7. The van der Waals surface area contributed by atoms with Gasteiger partial charge in [-0.05, 0) is 42.4 Å². The molecule has 0 aliphatic carbocycles. The SMILES string of the molecule is COc1ccc(C)cc1CN(C)Cc1cc(=O)oc2ccc3ccccc3c12. The van der Waals surface area contributed by atoms with Crippen molar-refractivity contribution in [3.63, 3.8) is 0 Å². The molecule has 0 N–H and O–H groups in total. The van der Waals surface area contributed by atoms with E-state index in [0.717, 1.165) is 39.6 Å². The highest BCUT2D eigenvalue weighted by Crippen LogP contribution is 2.28. The highest BCUT2D eigenvalue weighted by molar-refractivity contribution is 6.07. The van der Waals surface area contributed by atoms with E-state index in [9.17, 15) is 4.79 Å². The maximum atomic E-state index is 12.1. The van der Waals surface area contributed by atoms with E-state index in [2.05, 4.69) is 30.0 Å². The van der Waals surface area contributed by atoms with Gasteiger partial charge in [-0.1, -0.05) is 48.0 Å². The fourth-order valence-electron chi connectivity index (χ4n) is 3.81. The molecule has 4 nitrogen and oxygen atoms in total. The Kier molecular flexibility index (Phi) is 4.88. The summed E-state index contributed by atoms with van der Waals surface area (Å²) in [6.45, 7) is 3.43. The minimum atomic E-state index is -0.320. The number of nitrogens with zero attached hydrogens (tertiary/aromatic N) is 1. The lowest BCUT2D eigenvalue weighted by Gasteiger charge is -2.20. The smallest absolute Gasteiger partial charge is 0.336 e. The number of hydrogen-bond donors (Lipinski definition) is 0. The van der Waals surface area contributed by atoms with Crippen molar-refractivity contribution in [2.24, 2.45) is 0 Å². The maximum absolute atomic E-state index is 12.1. The van der Waals surface area contributed by atoms with Gasteiger partial charge in [0.2, 0.25) is 0 Å². The lowest BCUT2D eigenvalue weighted by molar-refractivity contribution is 0.310. The molecule has 0 amide bonds. The van der Waals surface area contributed by atoms with Gasteiger partial charge >= 0.3 is 5.63 Å². The van der Waals surface area contributed by atoms with Crippen LogP contribution < -0.4 is 10.4 Å². The van der Waals surface area contributed by atoms with Crippen LogP contribution in [0, 0.1) is 6.92 Å². The molecule has 0 atom stereocenters. The molecular formula is C24H23NO3. The van der Waals surface area contributed by atoms with Crippen molar-refractivity contribution in [1.82, 2.24) is 4.90 Å². The van der Waals surface area contributed by atoms with E-state index in [1.165, 1.54) is 5.56 Å². The number of benzene rings is 3. The van der Waals surface area contributed by atoms with Gasteiger partial charge in [0.15, 0.2) is 0 Å². The number of rotatable bonds is 5. The van der Waals surface area contributed by atoms with Gasteiger partial charge in [-0.15, -0.1) is 0 Å². The van der Waals surface area contributed by atoms with Gasteiger partial charge in [0.25, 0.3) is 0 Å². The molecule has 1 heterocycles. The predicted molar refractivity (Wildman–Crippen MR) is 113 cm³/mol. The van der Waals surface area contributed by atoms with Crippen LogP contribution in [0.15, 0.2) is 69.9 Å². The van der Waals surface area contributed by atoms with E-state index in [1.54, 1.807) is 13.2 Å². The van der Waals surface area contributed by atoms with Crippen molar-refractivity contribution < 1.29 is 9.15 Å². The van der Waals surface area contributed by atoms with Gasteiger partial charge in [0, 0.05) is 30.1 Å². The molecular weight excluding hydrogens is 350 g/mol. The van der Waals surface area contributed by atoms with Gasteiger partial charge in [-0.2, -0.15) is 0 Å². The average molecular weight is 373 g/mol. The molecule has 4 aromatic rings. The maximum Gasteiger partial charge on any atom is 0.336 e. The summed E-state index contributed by atoms with van der Waals surface area (Å²) in [6.07, 6.45) is 0. The van der Waals surface area contributed by atoms with E-state index < -0.39 is 0 Å². The topological polar surface area (TPSA) is 42.7 Å². The van der Waals surface area contributed by atoms with E-state index in [-0.39, 0.29) is 5.63 Å². The quantitative estimate of drug-likeness (QED) is 0.369. The lowest BCUT2D eigenvalue weighted by Crippen LogP contribution is -2.19. The molecule has 3 aromatic carbocycles. The summed E-state index contributed by atoms with van der Waals surface area (Å²) in [6, 6.07) is 19.8. The highest BCUT2D eigenvalue weighted by Gasteiger charge is 2.13. The molecule has 4 heteroatoms. The molecule has 0 radical (unpaired) electrons. The van der Waals surface area contributed by atoms with Crippen LogP contribution in [0.5, 0.6) is 5.75 Å².